The smallest absolute Gasteiger partial charge is 0.239 e. The number of carbonyl (C=O) groups is 1. The monoisotopic (exact) mass is 308 g/mol. The van der Waals surface area contributed by atoms with Gasteiger partial charge < -0.3 is 10.6 Å². The van der Waals surface area contributed by atoms with Gasteiger partial charge in [-0.2, -0.15) is 0 Å². The maximum atomic E-state index is 12.5. The van der Waals surface area contributed by atoms with Crippen LogP contribution in [0.25, 0.3) is 0 Å². The van der Waals surface area contributed by atoms with Crippen molar-refractivity contribution in [2.45, 2.75) is 38.1 Å². The maximum absolute atomic E-state index is 12.5. The molecule has 1 saturated heterocycles. The highest BCUT2D eigenvalue weighted by molar-refractivity contribution is 5.85. The zero-order chi connectivity index (χ0) is 13.9. The minimum Gasteiger partial charge on any atom is -0.341 e. The summed E-state index contributed by atoms with van der Waals surface area (Å²) < 4.78 is 0. The molecule has 2 aliphatic rings. The zero-order valence-electron chi connectivity index (χ0n) is 12.4. The molecule has 1 aliphatic carbocycles. The van der Waals surface area contributed by atoms with Crippen molar-refractivity contribution in [2.24, 2.45) is 17.6 Å². The lowest BCUT2D eigenvalue weighted by atomic mass is 9.82. The zero-order valence-corrected chi connectivity index (χ0v) is 13.2. The van der Waals surface area contributed by atoms with Gasteiger partial charge in [-0.3, -0.25) is 4.79 Å². The first-order valence-corrected chi connectivity index (χ1v) is 7.82. The summed E-state index contributed by atoms with van der Waals surface area (Å²) in [5, 5.41) is 0. The van der Waals surface area contributed by atoms with Crippen LogP contribution in [0.4, 0.5) is 0 Å². The Labute approximate surface area is 133 Å². The van der Waals surface area contributed by atoms with Crippen LogP contribution in [0.5, 0.6) is 0 Å². The molecule has 0 spiro atoms. The standard InChI is InChI=1S/C17H24N2O.ClH/c18-16(10-13-6-2-1-3-7-13)17(20)19-11-14-8-4-5-9-15(14)12-19;/h1-3,6-7,14-16H,4-5,8-12,18H2;1H/t14?,15?,16-;/m0./s1. The maximum Gasteiger partial charge on any atom is 0.239 e. The number of benzene rings is 1. The number of nitrogens with zero attached hydrogens (tertiary/aromatic N) is 1. The second-order valence-electron chi connectivity index (χ2n) is 6.34. The van der Waals surface area contributed by atoms with Crippen molar-refractivity contribution >= 4 is 18.3 Å². The van der Waals surface area contributed by atoms with Gasteiger partial charge >= 0.3 is 0 Å². The van der Waals surface area contributed by atoms with Gasteiger partial charge in [0.25, 0.3) is 0 Å². The fraction of sp³-hybridized carbons (Fsp3) is 0.588. The summed E-state index contributed by atoms with van der Waals surface area (Å²) in [6.07, 6.45) is 5.90. The van der Waals surface area contributed by atoms with Gasteiger partial charge in [0.1, 0.15) is 0 Å². The lowest BCUT2D eigenvalue weighted by Gasteiger charge is -2.22. The molecule has 1 aliphatic heterocycles. The van der Waals surface area contributed by atoms with Crippen LogP contribution in [0, 0.1) is 11.8 Å². The van der Waals surface area contributed by atoms with E-state index >= 15 is 0 Å². The van der Waals surface area contributed by atoms with Gasteiger partial charge in [0.15, 0.2) is 0 Å². The number of amides is 1. The molecule has 2 N–H and O–H groups in total. The quantitative estimate of drug-likeness (QED) is 0.933. The second kappa shape index (κ2) is 7.28. The molecule has 1 saturated carbocycles. The molecule has 1 heterocycles. The molecule has 4 heteroatoms. The van der Waals surface area contributed by atoms with Crippen LogP contribution in [-0.2, 0) is 11.2 Å². The van der Waals surface area contributed by atoms with E-state index in [0.717, 1.165) is 30.5 Å². The molecule has 1 amide bonds. The Kier molecular flexibility index (Phi) is 5.65. The average molecular weight is 309 g/mol. The fourth-order valence-electron chi connectivity index (χ4n) is 3.78. The van der Waals surface area contributed by atoms with Crippen LogP contribution in [-0.4, -0.2) is 29.9 Å². The molecule has 0 bridgehead atoms. The van der Waals surface area contributed by atoms with Crippen molar-refractivity contribution in [1.82, 2.24) is 4.90 Å². The molecule has 21 heavy (non-hydrogen) atoms. The van der Waals surface area contributed by atoms with Gasteiger partial charge in [-0.25, -0.2) is 0 Å². The number of nitrogens with two attached hydrogens (primary N) is 1. The van der Waals surface area contributed by atoms with E-state index in [2.05, 4.69) is 0 Å². The van der Waals surface area contributed by atoms with Gasteiger partial charge in [-0.05, 0) is 36.7 Å². The van der Waals surface area contributed by atoms with Gasteiger partial charge in [0.2, 0.25) is 5.91 Å². The van der Waals surface area contributed by atoms with Crippen LogP contribution in [0.1, 0.15) is 31.2 Å². The molecular formula is C17H25ClN2O. The van der Waals surface area contributed by atoms with Crippen LogP contribution in [0.3, 0.4) is 0 Å². The Bertz CT molecular complexity index is 451. The predicted molar refractivity (Wildman–Crippen MR) is 87.4 cm³/mol. The van der Waals surface area contributed by atoms with Gasteiger partial charge in [-0.1, -0.05) is 43.2 Å². The summed E-state index contributed by atoms with van der Waals surface area (Å²) in [5.74, 6) is 1.61. The first-order valence-electron chi connectivity index (χ1n) is 7.82. The molecule has 1 aromatic rings. The van der Waals surface area contributed by atoms with Crippen LogP contribution < -0.4 is 5.73 Å². The largest absolute Gasteiger partial charge is 0.341 e. The van der Waals surface area contributed by atoms with Crippen molar-refractivity contribution in [3.05, 3.63) is 35.9 Å². The minimum atomic E-state index is -0.391. The fourth-order valence-corrected chi connectivity index (χ4v) is 3.78. The van der Waals surface area contributed by atoms with Gasteiger partial charge in [-0.15, -0.1) is 12.4 Å². The summed E-state index contributed by atoms with van der Waals surface area (Å²) >= 11 is 0. The lowest BCUT2D eigenvalue weighted by Crippen LogP contribution is -2.44. The third-order valence-electron chi connectivity index (χ3n) is 4.90. The van der Waals surface area contributed by atoms with Crippen LogP contribution >= 0.6 is 12.4 Å². The number of rotatable bonds is 3. The average Bonchev–Trinajstić information content (AvgIpc) is 2.91. The molecule has 3 nitrogen and oxygen atoms in total. The molecule has 3 atom stereocenters. The third-order valence-corrected chi connectivity index (χ3v) is 4.90. The second-order valence-corrected chi connectivity index (χ2v) is 6.34. The molecule has 0 aromatic heterocycles. The molecule has 1 aromatic carbocycles. The Morgan fingerprint density at radius 3 is 2.29 bits per heavy atom. The summed E-state index contributed by atoms with van der Waals surface area (Å²) in [6, 6.07) is 9.67. The summed E-state index contributed by atoms with van der Waals surface area (Å²) in [7, 11) is 0. The van der Waals surface area contributed by atoms with E-state index < -0.39 is 6.04 Å². The minimum absolute atomic E-state index is 0. The number of hydrogen-bond donors (Lipinski definition) is 1. The molecule has 3 rings (SSSR count). The van der Waals surface area contributed by atoms with Gasteiger partial charge in [0.05, 0.1) is 6.04 Å². The SMILES string of the molecule is Cl.N[C@@H](Cc1ccccc1)C(=O)N1CC2CCCCC2C1. The summed E-state index contributed by atoms with van der Waals surface area (Å²) in [6.45, 7) is 1.87. The summed E-state index contributed by atoms with van der Waals surface area (Å²) in [5.41, 5.74) is 7.27. The van der Waals surface area contributed by atoms with E-state index in [1.54, 1.807) is 0 Å². The predicted octanol–water partition coefficient (Wildman–Crippen LogP) is 2.63. The van der Waals surface area contributed by atoms with E-state index in [4.69, 9.17) is 5.73 Å². The van der Waals surface area contributed by atoms with Crippen molar-refractivity contribution in [3.8, 4) is 0 Å². The van der Waals surface area contributed by atoms with Gasteiger partial charge in [0, 0.05) is 13.1 Å². The molecular weight excluding hydrogens is 284 g/mol. The van der Waals surface area contributed by atoms with E-state index in [9.17, 15) is 4.79 Å². The van der Waals surface area contributed by atoms with E-state index in [1.807, 2.05) is 35.2 Å². The molecule has 116 valence electrons. The van der Waals surface area contributed by atoms with Crippen molar-refractivity contribution < 1.29 is 4.79 Å². The van der Waals surface area contributed by atoms with Crippen LogP contribution in [0.2, 0.25) is 0 Å². The first kappa shape index (κ1) is 16.3. The Balaban J connectivity index is 0.00000161. The van der Waals surface area contributed by atoms with E-state index in [-0.39, 0.29) is 18.3 Å². The number of halogens is 1. The first-order chi connectivity index (χ1) is 9.74. The van der Waals surface area contributed by atoms with E-state index in [0.29, 0.717) is 6.42 Å². The van der Waals surface area contributed by atoms with Crippen LogP contribution in [0.15, 0.2) is 30.3 Å². The molecule has 0 radical (unpaired) electrons. The third kappa shape index (κ3) is 3.78. The van der Waals surface area contributed by atoms with Crippen molar-refractivity contribution in [2.75, 3.05) is 13.1 Å². The van der Waals surface area contributed by atoms with E-state index in [1.165, 1.54) is 25.7 Å². The molecule has 2 fully saturated rings. The number of hydrogen-bond acceptors (Lipinski definition) is 2. The Morgan fingerprint density at radius 1 is 1.14 bits per heavy atom. The lowest BCUT2D eigenvalue weighted by molar-refractivity contribution is -0.131. The van der Waals surface area contributed by atoms with Crippen molar-refractivity contribution in [3.63, 3.8) is 0 Å². The Morgan fingerprint density at radius 2 is 1.71 bits per heavy atom. The highest BCUT2D eigenvalue weighted by Gasteiger charge is 2.37. The number of fused-ring (bicyclic) bond motifs is 1. The highest BCUT2D eigenvalue weighted by atomic mass is 35.5. The Hall–Kier alpha value is -1.06. The number of likely N-dealkylation sites (tertiary alicyclic amines) is 1. The topological polar surface area (TPSA) is 46.3 Å². The molecule has 2 unspecified atom stereocenters. The summed E-state index contributed by atoms with van der Waals surface area (Å²) in [4.78, 5) is 14.5. The normalized spacial score (nSPS) is 25.9. The number of carbonyl (C=O) groups excluding carboxylic acids is 1. The van der Waals surface area contributed by atoms with Crippen molar-refractivity contribution in [1.29, 1.82) is 0 Å². The highest BCUT2D eigenvalue weighted by Crippen LogP contribution is 2.36.